The van der Waals surface area contributed by atoms with E-state index in [-0.39, 0.29) is 12.5 Å². The van der Waals surface area contributed by atoms with Crippen LogP contribution in [0.4, 0.5) is 5.82 Å². The van der Waals surface area contributed by atoms with Crippen LogP contribution < -0.4 is 5.73 Å². The largest absolute Gasteiger partial charge is 0.382 e. The van der Waals surface area contributed by atoms with E-state index in [1.165, 1.54) is 6.33 Å². The second-order valence-electron chi connectivity index (χ2n) is 6.64. The first kappa shape index (κ1) is 20.3. The molecule has 1 aromatic carbocycles. The molecule has 0 aliphatic carbocycles. The molecular weight excluding hydrogens is 417 g/mol. The van der Waals surface area contributed by atoms with Gasteiger partial charge in [0.1, 0.15) is 18.2 Å². The van der Waals surface area contributed by atoms with Crippen LogP contribution in [0.3, 0.4) is 0 Å². The highest BCUT2D eigenvalue weighted by Crippen LogP contribution is 2.56. The van der Waals surface area contributed by atoms with Gasteiger partial charge in [-0.15, -0.1) is 0 Å². The number of nitrogen functional groups attached to an aromatic ring is 1. The third-order valence-corrected chi connectivity index (χ3v) is 6.43. The van der Waals surface area contributed by atoms with Crippen molar-refractivity contribution in [1.82, 2.24) is 19.5 Å². The van der Waals surface area contributed by atoms with Crippen LogP contribution in [0.1, 0.15) is 24.5 Å². The predicted octanol–water partition coefficient (Wildman–Crippen LogP) is 3.80. The summed E-state index contributed by atoms with van der Waals surface area (Å²) in [6, 6.07) is 7.35. The molecular formula is C18H21ClN5O4P. The maximum Gasteiger partial charge on any atom is 0.356 e. The normalized spacial score (nSPS) is 22.2. The molecule has 1 aliphatic rings. The molecule has 11 heteroatoms. The summed E-state index contributed by atoms with van der Waals surface area (Å²) >= 11 is 6.04. The van der Waals surface area contributed by atoms with E-state index in [4.69, 9.17) is 31.1 Å². The second kappa shape index (κ2) is 8.77. The first-order valence-corrected chi connectivity index (χ1v) is 11.3. The van der Waals surface area contributed by atoms with Gasteiger partial charge in [0, 0.05) is 24.6 Å². The Labute approximate surface area is 172 Å². The van der Waals surface area contributed by atoms with Crippen molar-refractivity contribution < 1.29 is 18.3 Å². The monoisotopic (exact) mass is 437 g/mol. The zero-order chi connectivity index (χ0) is 20.3. The van der Waals surface area contributed by atoms with Crippen LogP contribution in [0.15, 0.2) is 36.9 Å². The van der Waals surface area contributed by atoms with E-state index in [1.54, 1.807) is 12.4 Å². The van der Waals surface area contributed by atoms with Crippen molar-refractivity contribution in [3.63, 3.8) is 0 Å². The standard InChI is InChI=1S/C18H21ClN5O4P/c19-14-4-1-3-13(9-14)15-5-8-27-29(25,28-15)12-26-7-2-6-24-11-23-16-17(20)21-10-22-18(16)24/h1,3-4,9-11,15H,2,5-8,12H2,(H2,20,21,22). The van der Waals surface area contributed by atoms with Crippen LogP contribution in [-0.4, -0.2) is 39.1 Å². The summed E-state index contributed by atoms with van der Waals surface area (Å²) < 4.78 is 31.5. The maximum atomic E-state index is 12.9. The Morgan fingerprint density at radius 2 is 2.24 bits per heavy atom. The number of benzene rings is 1. The van der Waals surface area contributed by atoms with E-state index >= 15 is 0 Å². The summed E-state index contributed by atoms with van der Waals surface area (Å²) in [5.41, 5.74) is 7.92. The van der Waals surface area contributed by atoms with E-state index in [1.807, 2.05) is 22.8 Å². The third-order valence-electron chi connectivity index (χ3n) is 4.54. The number of hydrogen-bond acceptors (Lipinski definition) is 8. The minimum atomic E-state index is -3.32. The number of aromatic nitrogens is 4. The fraction of sp³-hybridized carbons (Fsp3) is 0.389. The van der Waals surface area contributed by atoms with Gasteiger partial charge in [0.05, 0.1) is 19.0 Å². The molecule has 2 unspecified atom stereocenters. The van der Waals surface area contributed by atoms with Gasteiger partial charge in [-0.2, -0.15) is 0 Å². The molecule has 1 saturated heterocycles. The molecule has 1 aliphatic heterocycles. The molecule has 0 amide bonds. The Hall–Kier alpha value is -2.03. The van der Waals surface area contributed by atoms with Gasteiger partial charge in [-0.25, -0.2) is 15.0 Å². The van der Waals surface area contributed by atoms with Gasteiger partial charge in [0.25, 0.3) is 0 Å². The summed E-state index contributed by atoms with van der Waals surface area (Å²) in [5.74, 6) is 0.351. The Bertz CT molecular complexity index is 1050. The molecule has 3 aromatic rings. The van der Waals surface area contributed by atoms with E-state index in [0.717, 1.165) is 5.56 Å². The third kappa shape index (κ3) is 4.76. The van der Waals surface area contributed by atoms with E-state index in [2.05, 4.69) is 15.0 Å². The molecule has 0 saturated carbocycles. The van der Waals surface area contributed by atoms with Gasteiger partial charge in [0.15, 0.2) is 11.5 Å². The highest BCUT2D eigenvalue weighted by Gasteiger charge is 2.34. The van der Waals surface area contributed by atoms with E-state index < -0.39 is 7.60 Å². The summed E-state index contributed by atoms with van der Waals surface area (Å²) in [7, 11) is -3.32. The summed E-state index contributed by atoms with van der Waals surface area (Å²) in [6.45, 7) is 1.36. The summed E-state index contributed by atoms with van der Waals surface area (Å²) in [6.07, 6.45) is 3.95. The van der Waals surface area contributed by atoms with Crippen LogP contribution in [-0.2, 0) is 24.9 Å². The zero-order valence-corrected chi connectivity index (χ0v) is 17.3. The maximum absolute atomic E-state index is 12.9. The van der Waals surface area contributed by atoms with Crippen molar-refractivity contribution in [2.75, 3.05) is 25.3 Å². The van der Waals surface area contributed by atoms with Crippen LogP contribution in [0.5, 0.6) is 0 Å². The summed E-state index contributed by atoms with van der Waals surface area (Å²) in [5, 5.41) is 0.614. The molecule has 154 valence electrons. The number of aryl methyl sites for hydroxylation is 1. The van der Waals surface area contributed by atoms with Crippen molar-refractivity contribution in [2.24, 2.45) is 0 Å². The van der Waals surface area contributed by atoms with Gasteiger partial charge in [-0.3, -0.25) is 9.09 Å². The van der Waals surface area contributed by atoms with Crippen molar-refractivity contribution in [2.45, 2.75) is 25.5 Å². The number of ether oxygens (including phenoxy) is 1. The average Bonchev–Trinajstić information content (AvgIpc) is 3.12. The van der Waals surface area contributed by atoms with Crippen LogP contribution >= 0.6 is 19.2 Å². The summed E-state index contributed by atoms with van der Waals surface area (Å²) in [4.78, 5) is 12.3. The molecule has 2 atom stereocenters. The molecule has 29 heavy (non-hydrogen) atoms. The highest BCUT2D eigenvalue weighted by molar-refractivity contribution is 7.53. The van der Waals surface area contributed by atoms with Crippen molar-refractivity contribution in [1.29, 1.82) is 0 Å². The van der Waals surface area contributed by atoms with Gasteiger partial charge in [0.2, 0.25) is 0 Å². The number of imidazole rings is 1. The van der Waals surface area contributed by atoms with E-state index in [9.17, 15) is 4.57 Å². The quantitative estimate of drug-likeness (QED) is 0.438. The SMILES string of the molecule is Nc1ncnc2c1ncn2CCCOCP1(=O)OCCC(c2cccc(Cl)c2)O1. The van der Waals surface area contributed by atoms with Gasteiger partial charge < -0.3 is 19.6 Å². The Morgan fingerprint density at radius 1 is 1.34 bits per heavy atom. The molecule has 0 spiro atoms. The number of rotatable bonds is 7. The molecule has 3 heterocycles. The number of fused-ring (bicyclic) bond motifs is 1. The molecule has 2 aromatic heterocycles. The Kier molecular flexibility index (Phi) is 6.12. The first-order valence-electron chi connectivity index (χ1n) is 9.21. The topological polar surface area (TPSA) is 114 Å². The number of halogens is 1. The van der Waals surface area contributed by atoms with Gasteiger partial charge >= 0.3 is 7.60 Å². The fourth-order valence-electron chi connectivity index (χ4n) is 3.15. The number of hydrogen-bond donors (Lipinski definition) is 1. The Balaban J connectivity index is 1.27. The van der Waals surface area contributed by atoms with Crippen LogP contribution in [0.2, 0.25) is 5.02 Å². The number of nitrogens with zero attached hydrogens (tertiary/aromatic N) is 4. The lowest BCUT2D eigenvalue weighted by molar-refractivity contribution is 0.0567. The van der Waals surface area contributed by atoms with Crippen molar-refractivity contribution in [3.05, 3.63) is 47.5 Å². The molecule has 4 rings (SSSR count). The molecule has 0 bridgehead atoms. The minimum absolute atomic E-state index is 0.0934. The average molecular weight is 438 g/mol. The van der Waals surface area contributed by atoms with Gasteiger partial charge in [-0.05, 0) is 24.1 Å². The lowest BCUT2D eigenvalue weighted by atomic mass is 10.1. The molecule has 2 N–H and O–H groups in total. The Morgan fingerprint density at radius 3 is 3.10 bits per heavy atom. The van der Waals surface area contributed by atoms with Crippen molar-refractivity contribution >= 4 is 36.2 Å². The lowest BCUT2D eigenvalue weighted by Gasteiger charge is -2.30. The second-order valence-corrected chi connectivity index (χ2v) is 9.03. The molecule has 1 fully saturated rings. The number of nitrogens with two attached hydrogens (primary N) is 1. The predicted molar refractivity (Wildman–Crippen MR) is 109 cm³/mol. The van der Waals surface area contributed by atoms with Gasteiger partial charge in [-0.1, -0.05) is 23.7 Å². The van der Waals surface area contributed by atoms with Crippen molar-refractivity contribution in [3.8, 4) is 0 Å². The smallest absolute Gasteiger partial charge is 0.356 e. The first-order chi connectivity index (χ1) is 14.0. The number of anilines is 1. The highest BCUT2D eigenvalue weighted by atomic mass is 35.5. The fourth-order valence-corrected chi connectivity index (χ4v) is 4.90. The molecule has 9 nitrogen and oxygen atoms in total. The van der Waals surface area contributed by atoms with Crippen LogP contribution in [0, 0.1) is 0 Å². The molecule has 0 radical (unpaired) electrons. The van der Waals surface area contributed by atoms with E-state index in [0.29, 0.717) is 54.6 Å². The lowest BCUT2D eigenvalue weighted by Crippen LogP contribution is -2.16. The zero-order valence-electron chi connectivity index (χ0n) is 15.6. The minimum Gasteiger partial charge on any atom is -0.382 e. The van der Waals surface area contributed by atoms with Crippen LogP contribution in [0.25, 0.3) is 11.2 Å².